The minimum atomic E-state index is -0.256. The van der Waals surface area contributed by atoms with E-state index >= 15 is 0 Å². The molecule has 0 unspecified atom stereocenters. The summed E-state index contributed by atoms with van der Waals surface area (Å²) in [7, 11) is 0. The highest BCUT2D eigenvalue weighted by molar-refractivity contribution is 7.80. The number of nitrogens with zero attached hydrogens (tertiary/aromatic N) is 1. The fourth-order valence-electron chi connectivity index (χ4n) is 9.70. The molecule has 11 rings (SSSR count). The maximum atomic E-state index is 6.70. The number of fused-ring (bicyclic) bond motifs is 13. The molecule has 8 aromatic carbocycles. The van der Waals surface area contributed by atoms with Gasteiger partial charge in [0.05, 0.1) is 17.1 Å². The first-order valence-electron chi connectivity index (χ1n) is 18.5. The van der Waals surface area contributed by atoms with Gasteiger partial charge < -0.3 is 9.32 Å². The van der Waals surface area contributed by atoms with Gasteiger partial charge in [0.1, 0.15) is 5.58 Å². The molecule has 0 radical (unpaired) electrons. The molecule has 0 aliphatic heterocycles. The fraction of sp³-hybridized carbons (Fsp3) is 0.120. The maximum absolute atomic E-state index is 6.70. The van der Waals surface area contributed by atoms with Gasteiger partial charge in [0, 0.05) is 31.9 Å². The van der Waals surface area contributed by atoms with Gasteiger partial charge in [0.2, 0.25) is 0 Å². The van der Waals surface area contributed by atoms with Crippen molar-refractivity contribution in [1.82, 2.24) is 0 Å². The van der Waals surface area contributed by atoms with Crippen LogP contribution in [0.4, 0.5) is 17.1 Å². The molecule has 0 atom stereocenters. The summed E-state index contributed by atoms with van der Waals surface area (Å²) in [6.45, 7) is 9.60. The summed E-state index contributed by atoms with van der Waals surface area (Å²) < 4.78 is 6.70. The Hall–Kier alpha value is -5.77. The van der Waals surface area contributed by atoms with Gasteiger partial charge in [0.25, 0.3) is 0 Å². The normalized spacial score (nSPS) is 14.8. The van der Waals surface area contributed by atoms with Gasteiger partial charge in [-0.2, -0.15) is 0 Å². The number of hydrogen-bond acceptors (Lipinski definition) is 3. The Balaban J connectivity index is 1.21. The molecule has 0 fully saturated rings. The summed E-state index contributed by atoms with van der Waals surface area (Å²) in [6, 6.07) is 53.2. The van der Waals surface area contributed by atoms with Crippen molar-refractivity contribution in [3.05, 3.63) is 168 Å². The number of hydrogen-bond donors (Lipinski definition) is 1. The van der Waals surface area contributed by atoms with E-state index in [0.29, 0.717) is 0 Å². The predicted molar refractivity (Wildman–Crippen MR) is 226 cm³/mol. The Labute approximate surface area is 314 Å². The van der Waals surface area contributed by atoms with Crippen LogP contribution in [0.25, 0.3) is 65.7 Å². The van der Waals surface area contributed by atoms with Crippen LogP contribution >= 0.6 is 12.6 Å². The monoisotopic (exact) mass is 699 g/mol. The predicted octanol–water partition coefficient (Wildman–Crippen LogP) is 14.3. The quantitative estimate of drug-likeness (QED) is 0.185. The van der Waals surface area contributed by atoms with E-state index in [2.05, 4.69) is 166 Å². The molecule has 0 saturated carbocycles. The SMILES string of the molecule is CC1(C)c2cc3c(cc2-c2c1ccc1ccccc21)C(C)(C)c1cc(N(c2ccccc2S)c2cccc4c2oc2ccccc24)c2ccccc2c1-3. The summed E-state index contributed by atoms with van der Waals surface area (Å²) in [5, 5.41) is 7.28. The molecular weight excluding hydrogens is 663 g/mol. The average molecular weight is 700 g/mol. The van der Waals surface area contributed by atoms with E-state index in [4.69, 9.17) is 17.0 Å². The molecule has 254 valence electrons. The van der Waals surface area contributed by atoms with Crippen molar-refractivity contribution in [1.29, 1.82) is 0 Å². The standard InChI is InChI=1S/C50H37NOS/c1-49(2)37-25-24-29-14-5-6-15-30(29)46(37)35-26-39-36(27-38(35)49)47-33-18-8-7-16-31(33)43(28-40(47)50(39,3)4)51(41-20-10-12-23-45(41)53)42-21-13-19-34-32-17-9-11-22-44(32)52-48(34)42/h5-28,53H,1-4H3. The fourth-order valence-corrected chi connectivity index (χ4v) is 9.96. The third-order valence-electron chi connectivity index (χ3n) is 12.3. The van der Waals surface area contributed by atoms with E-state index in [1.54, 1.807) is 0 Å². The van der Waals surface area contributed by atoms with Gasteiger partial charge >= 0.3 is 0 Å². The number of benzene rings is 8. The maximum Gasteiger partial charge on any atom is 0.159 e. The Morgan fingerprint density at radius 1 is 0.453 bits per heavy atom. The van der Waals surface area contributed by atoms with Crippen molar-refractivity contribution in [2.24, 2.45) is 0 Å². The van der Waals surface area contributed by atoms with Crippen LogP contribution in [0.1, 0.15) is 49.9 Å². The van der Waals surface area contributed by atoms with Crippen molar-refractivity contribution < 1.29 is 4.42 Å². The zero-order valence-electron chi connectivity index (χ0n) is 30.2. The summed E-state index contributed by atoms with van der Waals surface area (Å²) in [5.74, 6) is 0. The summed E-state index contributed by atoms with van der Waals surface area (Å²) in [6.07, 6.45) is 0. The van der Waals surface area contributed by atoms with Crippen molar-refractivity contribution in [2.75, 3.05) is 4.90 Å². The summed E-state index contributed by atoms with van der Waals surface area (Å²) in [5.41, 5.74) is 15.4. The van der Waals surface area contributed by atoms with Crippen LogP contribution in [0, 0.1) is 0 Å². The second-order valence-electron chi connectivity index (χ2n) is 15.8. The Morgan fingerprint density at radius 2 is 1.04 bits per heavy atom. The number of thiol groups is 1. The van der Waals surface area contributed by atoms with Crippen molar-refractivity contribution in [3.8, 4) is 22.3 Å². The van der Waals surface area contributed by atoms with Crippen LogP contribution in [0.2, 0.25) is 0 Å². The first-order chi connectivity index (χ1) is 25.7. The Bertz CT molecular complexity index is 3040. The molecule has 9 aromatic rings. The molecule has 53 heavy (non-hydrogen) atoms. The molecule has 1 aromatic heterocycles. The van der Waals surface area contributed by atoms with Gasteiger partial charge in [-0.15, -0.1) is 12.6 Å². The smallest absolute Gasteiger partial charge is 0.159 e. The zero-order chi connectivity index (χ0) is 35.8. The van der Waals surface area contributed by atoms with Gasteiger partial charge in [-0.3, -0.25) is 0 Å². The summed E-state index contributed by atoms with van der Waals surface area (Å²) >= 11 is 5.06. The van der Waals surface area contributed by atoms with Gasteiger partial charge in [-0.1, -0.05) is 131 Å². The zero-order valence-corrected chi connectivity index (χ0v) is 31.1. The highest BCUT2D eigenvalue weighted by Crippen LogP contribution is 2.60. The van der Waals surface area contributed by atoms with Crippen LogP contribution in [0.3, 0.4) is 0 Å². The molecule has 0 amide bonds. The lowest BCUT2D eigenvalue weighted by Crippen LogP contribution is -2.18. The highest BCUT2D eigenvalue weighted by Gasteiger charge is 2.43. The van der Waals surface area contributed by atoms with Gasteiger partial charge in [-0.05, 0) is 103 Å². The molecular formula is C50H37NOS. The minimum absolute atomic E-state index is 0.120. The molecule has 2 aliphatic carbocycles. The Kier molecular flexibility index (Phi) is 6.19. The largest absolute Gasteiger partial charge is 0.454 e. The van der Waals surface area contributed by atoms with E-state index < -0.39 is 0 Å². The van der Waals surface area contributed by atoms with E-state index in [0.717, 1.165) is 43.9 Å². The highest BCUT2D eigenvalue weighted by atomic mass is 32.1. The van der Waals surface area contributed by atoms with Crippen LogP contribution in [0.5, 0.6) is 0 Å². The topological polar surface area (TPSA) is 16.4 Å². The lowest BCUT2D eigenvalue weighted by Gasteiger charge is -2.30. The summed E-state index contributed by atoms with van der Waals surface area (Å²) in [4.78, 5) is 3.28. The van der Waals surface area contributed by atoms with Gasteiger partial charge in [0.15, 0.2) is 5.58 Å². The molecule has 2 nitrogen and oxygen atoms in total. The first kappa shape index (κ1) is 30.8. The van der Waals surface area contributed by atoms with Gasteiger partial charge in [-0.25, -0.2) is 0 Å². The van der Waals surface area contributed by atoms with Crippen LogP contribution < -0.4 is 4.90 Å². The minimum Gasteiger partial charge on any atom is -0.454 e. The van der Waals surface area contributed by atoms with Crippen molar-refractivity contribution in [2.45, 2.75) is 43.4 Å². The third-order valence-corrected chi connectivity index (χ3v) is 12.7. The Morgan fingerprint density at radius 3 is 1.81 bits per heavy atom. The lowest BCUT2D eigenvalue weighted by molar-refractivity contribution is 0.652. The van der Waals surface area contributed by atoms with Crippen LogP contribution in [-0.4, -0.2) is 0 Å². The molecule has 0 spiro atoms. The number of para-hydroxylation sites is 3. The molecule has 0 saturated heterocycles. The molecule has 0 N–H and O–H groups in total. The average Bonchev–Trinajstić information content (AvgIpc) is 3.75. The number of anilines is 3. The van der Waals surface area contributed by atoms with Crippen LogP contribution in [0.15, 0.2) is 155 Å². The molecule has 0 bridgehead atoms. The first-order valence-corrected chi connectivity index (χ1v) is 18.9. The lowest BCUT2D eigenvalue weighted by atomic mass is 9.79. The number of rotatable bonds is 3. The van der Waals surface area contributed by atoms with E-state index in [9.17, 15) is 0 Å². The van der Waals surface area contributed by atoms with E-state index in [-0.39, 0.29) is 10.8 Å². The van der Waals surface area contributed by atoms with E-state index in [1.807, 2.05) is 12.1 Å². The number of furan rings is 1. The second-order valence-corrected chi connectivity index (χ2v) is 16.3. The third kappa shape index (κ3) is 4.06. The second kappa shape index (κ2) is 10.7. The molecule has 3 heteroatoms. The van der Waals surface area contributed by atoms with E-state index in [1.165, 1.54) is 66.1 Å². The molecule has 1 heterocycles. The van der Waals surface area contributed by atoms with Crippen molar-refractivity contribution >= 4 is 73.2 Å². The van der Waals surface area contributed by atoms with Crippen molar-refractivity contribution in [3.63, 3.8) is 0 Å². The molecule has 2 aliphatic rings. The van der Waals surface area contributed by atoms with Crippen LogP contribution in [-0.2, 0) is 10.8 Å².